The van der Waals surface area contributed by atoms with Crippen molar-refractivity contribution in [3.8, 4) is 5.75 Å². The van der Waals surface area contributed by atoms with Crippen LogP contribution in [0.15, 0.2) is 18.2 Å². The van der Waals surface area contributed by atoms with Crippen LogP contribution in [0, 0.1) is 11.6 Å². The van der Waals surface area contributed by atoms with E-state index in [1.54, 1.807) is 7.11 Å². The molecule has 3 atom stereocenters. The molecule has 0 heterocycles. The molecule has 0 aliphatic heterocycles. The summed E-state index contributed by atoms with van der Waals surface area (Å²) in [5, 5.41) is 9.57. The lowest BCUT2D eigenvalue weighted by atomic mass is 9.88. The molecule has 106 valence electrons. The molecule has 6 heteroatoms. The predicted octanol–water partition coefficient (Wildman–Crippen LogP) is 1.51. The first kappa shape index (κ1) is 14.2. The number of rotatable bonds is 6. The molecule has 0 saturated heterocycles. The summed E-state index contributed by atoms with van der Waals surface area (Å²) in [6, 6.07) is 3.10. The van der Waals surface area contributed by atoms with E-state index in [4.69, 9.17) is 14.2 Å². The van der Waals surface area contributed by atoms with Gasteiger partial charge in [0.2, 0.25) is 0 Å². The van der Waals surface area contributed by atoms with Gasteiger partial charge in [-0.1, -0.05) is 0 Å². The highest BCUT2D eigenvalue weighted by Gasteiger charge is 2.43. The van der Waals surface area contributed by atoms with E-state index >= 15 is 0 Å². The first-order chi connectivity index (χ1) is 9.11. The standard InChI is InChI=1S/C13H16F2O4/c1-17-4-5-18-13-10(16)7-12(13)19-11-3-2-8(14)6-9(11)15/h2-3,6,10,12-13,16H,4-5,7H2,1H3. The lowest BCUT2D eigenvalue weighted by Crippen LogP contribution is -2.55. The van der Waals surface area contributed by atoms with Crippen molar-refractivity contribution in [1.82, 2.24) is 0 Å². The maximum atomic E-state index is 13.4. The Bertz CT molecular complexity index is 427. The summed E-state index contributed by atoms with van der Waals surface area (Å²) < 4.78 is 41.8. The van der Waals surface area contributed by atoms with Crippen molar-refractivity contribution < 1.29 is 28.1 Å². The molecule has 1 aliphatic rings. The van der Waals surface area contributed by atoms with Gasteiger partial charge in [0.05, 0.1) is 19.3 Å². The van der Waals surface area contributed by atoms with Gasteiger partial charge in [0, 0.05) is 19.6 Å². The summed E-state index contributed by atoms with van der Waals surface area (Å²) in [7, 11) is 1.54. The first-order valence-corrected chi connectivity index (χ1v) is 6.02. The molecule has 1 saturated carbocycles. The fourth-order valence-electron chi connectivity index (χ4n) is 1.89. The van der Waals surface area contributed by atoms with Gasteiger partial charge in [0.15, 0.2) is 11.6 Å². The fraction of sp³-hybridized carbons (Fsp3) is 0.538. The van der Waals surface area contributed by atoms with E-state index < -0.39 is 29.9 Å². The molecule has 0 radical (unpaired) electrons. The molecule has 0 amide bonds. The Labute approximate surface area is 109 Å². The third kappa shape index (κ3) is 3.40. The number of benzene rings is 1. The maximum Gasteiger partial charge on any atom is 0.167 e. The van der Waals surface area contributed by atoms with Gasteiger partial charge in [-0.25, -0.2) is 8.78 Å². The van der Waals surface area contributed by atoms with Crippen LogP contribution < -0.4 is 4.74 Å². The predicted molar refractivity (Wildman–Crippen MR) is 63.0 cm³/mol. The Balaban J connectivity index is 1.91. The van der Waals surface area contributed by atoms with Crippen molar-refractivity contribution in [2.75, 3.05) is 20.3 Å². The van der Waals surface area contributed by atoms with Gasteiger partial charge in [0.1, 0.15) is 18.0 Å². The summed E-state index contributed by atoms with van der Waals surface area (Å²) in [5.74, 6) is -1.47. The zero-order valence-electron chi connectivity index (χ0n) is 10.5. The molecule has 3 unspecified atom stereocenters. The van der Waals surface area contributed by atoms with Crippen LogP contribution in [0.4, 0.5) is 8.78 Å². The lowest BCUT2D eigenvalue weighted by Gasteiger charge is -2.40. The van der Waals surface area contributed by atoms with Crippen molar-refractivity contribution in [3.63, 3.8) is 0 Å². The zero-order chi connectivity index (χ0) is 13.8. The average molecular weight is 274 g/mol. The second kappa shape index (κ2) is 6.27. The molecule has 0 spiro atoms. The Morgan fingerprint density at radius 1 is 1.32 bits per heavy atom. The fourth-order valence-corrected chi connectivity index (χ4v) is 1.89. The lowest BCUT2D eigenvalue weighted by molar-refractivity contribution is -0.167. The summed E-state index contributed by atoms with van der Waals surface area (Å²) in [6.07, 6.45) is -1.23. The first-order valence-electron chi connectivity index (χ1n) is 6.02. The van der Waals surface area contributed by atoms with E-state index in [0.29, 0.717) is 19.6 Å². The number of ether oxygens (including phenoxy) is 3. The van der Waals surface area contributed by atoms with Gasteiger partial charge in [-0.3, -0.25) is 0 Å². The molecule has 19 heavy (non-hydrogen) atoms. The van der Waals surface area contributed by atoms with E-state index in [2.05, 4.69) is 0 Å². The zero-order valence-corrected chi connectivity index (χ0v) is 10.5. The monoisotopic (exact) mass is 274 g/mol. The topological polar surface area (TPSA) is 47.9 Å². The van der Waals surface area contributed by atoms with E-state index in [0.717, 1.165) is 12.1 Å². The normalized spacial score (nSPS) is 26.0. The van der Waals surface area contributed by atoms with Crippen molar-refractivity contribution >= 4 is 0 Å². The Morgan fingerprint density at radius 2 is 2.11 bits per heavy atom. The summed E-state index contributed by atoms with van der Waals surface area (Å²) >= 11 is 0. The smallest absolute Gasteiger partial charge is 0.167 e. The number of halogens is 2. The van der Waals surface area contributed by atoms with E-state index in [1.807, 2.05) is 0 Å². The highest BCUT2D eigenvalue weighted by atomic mass is 19.1. The van der Waals surface area contributed by atoms with Gasteiger partial charge >= 0.3 is 0 Å². The molecule has 0 aromatic heterocycles. The number of methoxy groups -OCH3 is 1. The molecular weight excluding hydrogens is 258 g/mol. The molecular formula is C13H16F2O4. The average Bonchev–Trinajstić information content (AvgIpc) is 2.37. The molecule has 1 aromatic carbocycles. The Morgan fingerprint density at radius 3 is 2.74 bits per heavy atom. The molecule has 1 aromatic rings. The number of aliphatic hydroxyl groups is 1. The van der Waals surface area contributed by atoms with Gasteiger partial charge in [-0.2, -0.15) is 0 Å². The van der Waals surface area contributed by atoms with Gasteiger partial charge < -0.3 is 19.3 Å². The van der Waals surface area contributed by atoms with Crippen LogP contribution in [0.5, 0.6) is 5.75 Å². The van der Waals surface area contributed by atoms with Crippen LogP contribution in [0.3, 0.4) is 0 Å². The summed E-state index contributed by atoms with van der Waals surface area (Å²) in [5.41, 5.74) is 0. The van der Waals surface area contributed by atoms with Crippen molar-refractivity contribution in [2.24, 2.45) is 0 Å². The molecule has 0 bridgehead atoms. The van der Waals surface area contributed by atoms with Crippen LogP contribution in [0.2, 0.25) is 0 Å². The van der Waals surface area contributed by atoms with Gasteiger partial charge in [-0.15, -0.1) is 0 Å². The van der Waals surface area contributed by atoms with Crippen LogP contribution in [0.25, 0.3) is 0 Å². The highest BCUT2D eigenvalue weighted by molar-refractivity contribution is 5.25. The van der Waals surface area contributed by atoms with Gasteiger partial charge in [-0.05, 0) is 12.1 Å². The third-order valence-electron chi connectivity index (χ3n) is 2.99. The Hall–Kier alpha value is -1.24. The Kier molecular flexibility index (Phi) is 4.68. The maximum absolute atomic E-state index is 13.4. The van der Waals surface area contributed by atoms with Crippen LogP contribution in [0.1, 0.15) is 6.42 Å². The summed E-state index contributed by atoms with van der Waals surface area (Å²) in [4.78, 5) is 0. The van der Waals surface area contributed by atoms with Crippen LogP contribution in [-0.4, -0.2) is 43.7 Å². The minimum absolute atomic E-state index is 0.0429. The molecule has 1 aliphatic carbocycles. The van der Waals surface area contributed by atoms with Crippen molar-refractivity contribution in [1.29, 1.82) is 0 Å². The SMILES string of the molecule is COCCOC1C(O)CC1Oc1ccc(F)cc1F. The number of hydrogen-bond donors (Lipinski definition) is 1. The van der Waals surface area contributed by atoms with E-state index in [9.17, 15) is 13.9 Å². The quantitative estimate of drug-likeness (QED) is 0.799. The van der Waals surface area contributed by atoms with Crippen LogP contribution >= 0.6 is 0 Å². The van der Waals surface area contributed by atoms with E-state index in [-0.39, 0.29) is 5.75 Å². The molecule has 4 nitrogen and oxygen atoms in total. The second-order valence-electron chi connectivity index (χ2n) is 4.36. The highest BCUT2D eigenvalue weighted by Crippen LogP contribution is 2.30. The molecule has 1 fully saturated rings. The minimum Gasteiger partial charge on any atom is -0.484 e. The third-order valence-corrected chi connectivity index (χ3v) is 2.99. The van der Waals surface area contributed by atoms with Crippen molar-refractivity contribution in [3.05, 3.63) is 29.8 Å². The van der Waals surface area contributed by atoms with Gasteiger partial charge in [0.25, 0.3) is 0 Å². The molecule has 1 N–H and O–H groups in total. The summed E-state index contributed by atoms with van der Waals surface area (Å²) in [6.45, 7) is 0.727. The number of aliphatic hydroxyl groups excluding tert-OH is 1. The second-order valence-corrected chi connectivity index (χ2v) is 4.36. The minimum atomic E-state index is -0.767. The van der Waals surface area contributed by atoms with Crippen LogP contribution in [-0.2, 0) is 9.47 Å². The largest absolute Gasteiger partial charge is 0.484 e. The van der Waals surface area contributed by atoms with E-state index in [1.165, 1.54) is 6.07 Å². The molecule has 2 rings (SSSR count). The number of hydrogen-bond acceptors (Lipinski definition) is 4. The van der Waals surface area contributed by atoms with Crippen molar-refractivity contribution in [2.45, 2.75) is 24.7 Å².